The Labute approximate surface area is 187 Å². The normalized spacial score (nSPS) is 11.4. The van der Waals surface area contributed by atoms with Crippen molar-refractivity contribution in [3.63, 3.8) is 0 Å². The smallest absolute Gasteiger partial charge is 0.226 e. The Kier molecular flexibility index (Phi) is 11.0. The quantitative estimate of drug-likeness (QED) is 0.224. The van der Waals surface area contributed by atoms with Crippen molar-refractivity contribution in [1.29, 1.82) is 0 Å². The van der Waals surface area contributed by atoms with Gasteiger partial charge in [-0.05, 0) is 31.0 Å². The van der Waals surface area contributed by atoms with Crippen LogP contribution in [0.5, 0.6) is 0 Å². The monoisotopic (exact) mass is 525 g/mol. The van der Waals surface area contributed by atoms with Crippen LogP contribution >= 0.6 is 47.2 Å². The molecule has 0 aliphatic heterocycles. The van der Waals surface area contributed by atoms with Crippen molar-refractivity contribution in [2.24, 2.45) is 4.99 Å². The standard InChI is InChI=1S/C18H25Cl2N5O.HI/c1-4-21-18(23-11-13-7-8-14(19)10-15(13)20)22-9-5-6-16-24-17(12(2)3)25-26-16;/h7-8,10,12H,4-6,9,11H2,1-3H3,(H2,21,22,23);1H. The average Bonchev–Trinajstić information content (AvgIpc) is 3.07. The van der Waals surface area contributed by atoms with E-state index in [2.05, 4.69) is 25.8 Å². The molecule has 0 spiro atoms. The van der Waals surface area contributed by atoms with Crippen LogP contribution in [0, 0.1) is 0 Å². The number of hydrogen-bond donors (Lipinski definition) is 2. The Bertz CT molecular complexity index is 736. The molecule has 0 amide bonds. The summed E-state index contributed by atoms with van der Waals surface area (Å²) in [6.07, 6.45) is 1.60. The molecule has 1 aromatic carbocycles. The van der Waals surface area contributed by atoms with Crippen LogP contribution in [0.2, 0.25) is 10.0 Å². The second-order valence-electron chi connectivity index (χ2n) is 6.16. The Balaban J connectivity index is 0.00000364. The average molecular weight is 526 g/mol. The summed E-state index contributed by atoms with van der Waals surface area (Å²) in [5.41, 5.74) is 0.931. The molecule has 27 heavy (non-hydrogen) atoms. The van der Waals surface area contributed by atoms with E-state index >= 15 is 0 Å². The lowest BCUT2D eigenvalue weighted by atomic mass is 10.2. The highest BCUT2D eigenvalue weighted by Gasteiger charge is 2.09. The van der Waals surface area contributed by atoms with Crippen LogP contribution in [0.1, 0.15) is 50.4 Å². The van der Waals surface area contributed by atoms with Crippen molar-refractivity contribution in [2.75, 3.05) is 13.1 Å². The Morgan fingerprint density at radius 1 is 1.26 bits per heavy atom. The lowest BCUT2D eigenvalue weighted by Gasteiger charge is -2.11. The largest absolute Gasteiger partial charge is 0.357 e. The fourth-order valence-electron chi connectivity index (χ4n) is 2.21. The summed E-state index contributed by atoms with van der Waals surface area (Å²) in [5, 5.41) is 11.7. The minimum atomic E-state index is 0. The van der Waals surface area contributed by atoms with Gasteiger partial charge in [0.05, 0.1) is 6.54 Å². The minimum absolute atomic E-state index is 0. The van der Waals surface area contributed by atoms with Gasteiger partial charge < -0.3 is 15.2 Å². The molecule has 0 radical (unpaired) electrons. The van der Waals surface area contributed by atoms with E-state index in [0.717, 1.165) is 43.3 Å². The number of halogens is 3. The zero-order valence-corrected chi connectivity index (χ0v) is 19.6. The molecule has 150 valence electrons. The first-order chi connectivity index (χ1) is 12.5. The number of hydrogen-bond acceptors (Lipinski definition) is 4. The molecule has 1 heterocycles. The van der Waals surface area contributed by atoms with Crippen LogP contribution in [-0.4, -0.2) is 29.2 Å². The van der Waals surface area contributed by atoms with Gasteiger partial charge in [0.1, 0.15) is 0 Å². The van der Waals surface area contributed by atoms with Crippen LogP contribution in [0.4, 0.5) is 0 Å². The van der Waals surface area contributed by atoms with Crippen LogP contribution in [0.25, 0.3) is 0 Å². The lowest BCUT2D eigenvalue weighted by molar-refractivity contribution is 0.368. The molecular weight excluding hydrogens is 500 g/mol. The summed E-state index contributed by atoms with van der Waals surface area (Å²) in [5.74, 6) is 2.44. The van der Waals surface area contributed by atoms with E-state index < -0.39 is 0 Å². The van der Waals surface area contributed by atoms with E-state index in [9.17, 15) is 0 Å². The molecule has 0 fully saturated rings. The highest BCUT2D eigenvalue weighted by atomic mass is 127. The van der Waals surface area contributed by atoms with E-state index in [4.69, 9.17) is 27.7 Å². The maximum Gasteiger partial charge on any atom is 0.226 e. The van der Waals surface area contributed by atoms with E-state index in [-0.39, 0.29) is 29.9 Å². The number of benzene rings is 1. The van der Waals surface area contributed by atoms with Gasteiger partial charge in [-0.25, -0.2) is 4.99 Å². The zero-order valence-electron chi connectivity index (χ0n) is 15.8. The molecule has 0 saturated carbocycles. The number of aliphatic imine (C=N–C) groups is 1. The van der Waals surface area contributed by atoms with E-state index in [1.54, 1.807) is 6.07 Å². The van der Waals surface area contributed by atoms with Gasteiger partial charge in [0, 0.05) is 35.5 Å². The number of nitrogens with one attached hydrogen (secondary N) is 2. The summed E-state index contributed by atoms with van der Waals surface area (Å²) in [6, 6.07) is 5.43. The van der Waals surface area contributed by atoms with Crippen LogP contribution < -0.4 is 10.6 Å². The van der Waals surface area contributed by atoms with Gasteiger partial charge in [-0.2, -0.15) is 4.98 Å². The van der Waals surface area contributed by atoms with E-state index in [1.807, 2.05) is 32.9 Å². The number of guanidine groups is 1. The molecule has 2 aromatic rings. The molecule has 9 heteroatoms. The number of aromatic nitrogens is 2. The van der Waals surface area contributed by atoms with Crippen molar-refractivity contribution in [1.82, 2.24) is 20.8 Å². The van der Waals surface area contributed by atoms with Crippen molar-refractivity contribution in [2.45, 2.75) is 46.1 Å². The Morgan fingerprint density at radius 2 is 2.04 bits per heavy atom. The fourth-order valence-corrected chi connectivity index (χ4v) is 2.67. The SMILES string of the molecule is CCNC(=NCc1ccc(Cl)cc1Cl)NCCCc1nc(C(C)C)no1.I. The van der Waals surface area contributed by atoms with E-state index in [1.165, 1.54) is 0 Å². The molecule has 0 bridgehead atoms. The Morgan fingerprint density at radius 3 is 2.67 bits per heavy atom. The number of nitrogens with zero attached hydrogens (tertiary/aromatic N) is 3. The minimum Gasteiger partial charge on any atom is -0.357 e. The summed E-state index contributed by atoms with van der Waals surface area (Å²) >= 11 is 12.1. The molecule has 0 atom stereocenters. The van der Waals surface area contributed by atoms with Gasteiger partial charge in [-0.3, -0.25) is 0 Å². The highest BCUT2D eigenvalue weighted by Crippen LogP contribution is 2.21. The third-order valence-electron chi connectivity index (χ3n) is 3.63. The molecule has 0 aliphatic rings. The zero-order chi connectivity index (χ0) is 18.9. The summed E-state index contributed by atoms with van der Waals surface area (Å²) in [4.78, 5) is 8.94. The van der Waals surface area contributed by atoms with Crippen molar-refractivity contribution < 1.29 is 4.52 Å². The third kappa shape index (κ3) is 8.23. The highest BCUT2D eigenvalue weighted by molar-refractivity contribution is 14.0. The van der Waals surface area contributed by atoms with Crippen molar-refractivity contribution >= 4 is 53.1 Å². The first-order valence-corrected chi connectivity index (χ1v) is 9.53. The number of rotatable bonds is 8. The molecule has 0 saturated heterocycles. The molecule has 6 nitrogen and oxygen atoms in total. The predicted octanol–water partition coefficient (Wildman–Crippen LogP) is 4.81. The van der Waals surface area contributed by atoms with Crippen LogP contribution in [0.15, 0.2) is 27.7 Å². The molecule has 2 rings (SSSR count). The maximum absolute atomic E-state index is 6.19. The Hall–Kier alpha value is -1.06. The van der Waals surface area contributed by atoms with Crippen LogP contribution in [0.3, 0.4) is 0 Å². The van der Waals surface area contributed by atoms with Crippen LogP contribution in [-0.2, 0) is 13.0 Å². The summed E-state index contributed by atoms with van der Waals surface area (Å²) in [7, 11) is 0. The van der Waals surface area contributed by atoms with Crippen molar-refractivity contribution in [3.05, 3.63) is 45.5 Å². The summed E-state index contributed by atoms with van der Waals surface area (Å²) in [6.45, 7) is 8.12. The lowest BCUT2D eigenvalue weighted by Crippen LogP contribution is -2.37. The van der Waals surface area contributed by atoms with Gasteiger partial charge in [-0.15, -0.1) is 24.0 Å². The molecular formula is C18H26Cl2IN5O. The van der Waals surface area contributed by atoms with Gasteiger partial charge in [0.2, 0.25) is 5.89 Å². The second-order valence-corrected chi connectivity index (χ2v) is 7.01. The predicted molar refractivity (Wildman–Crippen MR) is 121 cm³/mol. The van der Waals surface area contributed by atoms with E-state index in [0.29, 0.717) is 22.5 Å². The van der Waals surface area contributed by atoms with Gasteiger partial charge >= 0.3 is 0 Å². The molecule has 2 N–H and O–H groups in total. The first kappa shape index (κ1) is 24.0. The molecule has 1 aromatic heterocycles. The molecule has 0 unspecified atom stereocenters. The fraction of sp³-hybridized carbons (Fsp3) is 0.500. The maximum atomic E-state index is 6.19. The van der Waals surface area contributed by atoms with Gasteiger partial charge in [-0.1, -0.05) is 48.3 Å². The van der Waals surface area contributed by atoms with Gasteiger partial charge in [0.15, 0.2) is 11.8 Å². The summed E-state index contributed by atoms with van der Waals surface area (Å²) < 4.78 is 5.25. The second kappa shape index (κ2) is 12.4. The molecule has 0 aliphatic carbocycles. The van der Waals surface area contributed by atoms with Crippen molar-refractivity contribution in [3.8, 4) is 0 Å². The topological polar surface area (TPSA) is 75.3 Å². The van der Waals surface area contributed by atoms with Gasteiger partial charge in [0.25, 0.3) is 0 Å². The number of aryl methyl sites for hydroxylation is 1. The third-order valence-corrected chi connectivity index (χ3v) is 4.21. The first-order valence-electron chi connectivity index (χ1n) is 8.78.